The number of thiophene rings is 1. The molecule has 0 saturated carbocycles. The molecule has 1 aromatic carbocycles. The standard InChI is InChI=1S/C14H10Cl2N2O4S/c15-7-1-2-10(16)9(5-7)14(21)22-6-11(19)18-13-8(12(17)20)3-4-23-13/h1-5H,6H2,(H2,17,20)(H,18,19). The van der Waals surface area contributed by atoms with Crippen molar-refractivity contribution in [3.63, 3.8) is 0 Å². The number of nitrogens with two attached hydrogens (primary N) is 1. The predicted molar refractivity (Wildman–Crippen MR) is 88.2 cm³/mol. The molecule has 1 heterocycles. The predicted octanol–water partition coefficient (Wildman–Crippen LogP) is 2.95. The summed E-state index contributed by atoms with van der Waals surface area (Å²) in [5.74, 6) is -2.06. The average Bonchev–Trinajstić information content (AvgIpc) is 2.95. The van der Waals surface area contributed by atoms with Crippen LogP contribution in [-0.2, 0) is 9.53 Å². The highest BCUT2D eigenvalue weighted by Crippen LogP contribution is 2.23. The number of primary amides is 1. The minimum atomic E-state index is -0.783. The highest BCUT2D eigenvalue weighted by Gasteiger charge is 2.16. The molecule has 0 bridgehead atoms. The van der Waals surface area contributed by atoms with Gasteiger partial charge in [0.25, 0.3) is 11.8 Å². The van der Waals surface area contributed by atoms with E-state index >= 15 is 0 Å². The zero-order valence-electron chi connectivity index (χ0n) is 11.5. The number of halogens is 2. The molecule has 0 unspecified atom stereocenters. The van der Waals surface area contributed by atoms with Gasteiger partial charge in [-0.1, -0.05) is 23.2 Å². The Morgan fingerprint density at radius 3 is 2.61 bits per heavy atom. The van der Waals surface area contributed by atoms with Crippen LogP contribution in [0.1, 0.15) is 20.7 Å². The monoisotopic (exact) mass is 372 g/mol. The Balaban J connectivity index is 1.96. The summed E-state index contributed by atoms with van der Waals surface area (Å²) in [6.07, 6.45) is 0. The van der Waals surface area contributed by atoms with Gasteiger partial charge in [-0.2, -0.15) is 0 Å². The molecule has 0 saturated heterocycles. The summed E-state index contributed by atoms with van der Waals surface area (Å²) in [4.78, 5) is 34.8. The van der Waals surface area contributed by atoms with Crippen LogP contribution in [0.25, 0.3) is 0 Å². The topological polar surface area (TPSA) is 98.5 Å². The number of benzene rings is 1. The summed E-state index contributed by atoms with van der Waals surface area (Å²) < 4.78 is 4.87. The molecule has 0 aliphatic carbocycles. The Bertz CT molecular complexity index is 776. The van der Waals surface area contributed by atoms with Crippen LogP contribution in [0.4, 0.5) is 5.00 Å². The fourth-order valence-electron chi connectivity index (χ4n) is 1.63. The van der Waals surface area contributed by atoms with Crippen molar-refractivity contribution in [3.05, 3.63) is 50.8 Å². The quantitative estimate of drug-likeness (QED) is 0.788. The van der Waals surface area contributed by atoms with E-state index < -0.39 is 24.4 Å². The third kappa shape index (κ3) is 4.44. The number of nitrogens with one attached hydrogen (secondary N) is 1. The van der Waals surface area contributed by atoms with E-state index in [0.717, 1.165) is 11.3 Å². The second-order valence-electron chi connectivity index (χ2n) is 4.28. The first-order chi connectivity index (χ1) is 10.9. The first-order valence-electron chi connectivity index (χ1n) is 6.18. The lowest BCUT2D eigenvalue weighted by Crippen LogP contribution is -2.22. The molecule has 23 heavy (non-hydrogen) atoms. The van der Waals surface area contributed by atoms with E-state index in [9.17, 15) is 14.4 Å². The number of carbonyl (C=O) groups excluding carboxylic acids is 3. The smallest absolute Gasteiger partial charge is 0.340 e. The number of hydrogen-bond acceptors (Lipinski definition) is 5. The van der Waals surface area contributed by atoms with Crippen molar-refractivity contribution in [1.29, 1.82) is 0 Å². The third-order valence-electron chi connectivity index (χ3n) is 2.67. The van der Waals surface area contributed by atoms with Crippen molar-refractivity contribution in [2.75, 3.05) is 11.9 Å². The number of anilines is 1. The van der Waals surface area contributed by atoms with E-state index in [1.165, 1.54) is 24.3 Å². The molecule has 9 heteroatoms. The molecule has 2 aromatic rings. The summed E-state index contributed by atoms with van der Waals surface area (Å²) in [6, 6.07) is 5.80. The van der Waals surface area contributed by atoms with Crippen molar-refractivity contribution in [2.24, 2.45) is 5.73 Å². The van der Waals surface area contributed by atoms with Crippen molar-refractivity contribution >= 4 is 57.3 Å². The Morgan fingerprint density at radius 2 is 1.91 bits per heavy atom. The van der Waals surface area contributed by atoms with E-state index in [0.29, 0.717) is 10.0 Å². The van der Waals surface area contributed by atoms with Gasteiger partial charge in [0.1, 0.15) is 5.00 Å². The lowest BCUT2D eigenvalue weighted by Gasteiger charge is -2.07. The van der Waals surface area contributed by atoms with Crippen LogP contribution in [0, 0.1) is 0 Å². The summed E-state index contributed by atoms with van der Waals surface area (Å²) in [5, 5.41) is 4.82. The summed E-state index contributed by atoms with van der Waals surface area (Å²) in [5.41, 5.74) is 5.41. The first kappa shape index (κ1) is 17.3. The Labute approximate surface area is 145 Å². The van der Waals surface area contributed by atoms with Gasteiger partial charge in [-0.25, -0.2) is 4.79 Å². The molecule has 0 aliphatic rings. The van der Waals surface area contributed by atoms with Crippen molar-refractivity contribution in [1.82, 2.24) is 0 Å². The minimum Gasteiger partial charge on any atom is -0.452 e. The molecule has 0 radical (unpaired) electrons. The average molecular weight is 373 g/mol. The molecule has 3 N–H and O–H groups in total. The van der Waals surface area contributed by atoms with Crippen LogP contribution in [-0.4, -0.2) is 24.4 Å². The fourth-order valence-corrected chi connectivity index (χ4v) is 2.80. The van der Waals surface area contributed by atoms with Gasteiger partial charge in [-0.3, -0.25) is 9.59 Å². The Morgan fingerprint density at radius 1 is 1.17 bits per heavy atom. The fraction of sp³-hybridized carbons (Fsp3) is 0.0714. The van der Waals surface area contributed by atoms with Crippen molar-refractivity contribution in [2.45, 2.75) is 0 Å². The summed E-state index contributed by atoms with van der Waals surface area (Å²) >= 11 is 12.8. The van der Waals surface area contributed by atoms with Gasteiger partial charge in [0.2, 0.25) is 0 Å². The molecule has 2 amide bonds. The van der Waals surface area contributed by atoms with Gasteiger partial charge in [0.15, 0.2) is 6.61 Å². The second kappa shape index (κ2) is 7.45. The van der Waals surface area contributed by atoms with E-state index in [-0.39, 0.29) is 16.1 Å². The molecule has 0 aliphatic heterocycles. The second-order valence-corrected chi connectivity index (χ2v) is 6.04. The van der Waals surface area contributed by atoms with Crippen LogP contribution in [0.2, 0.25) is 10.0 Å². The number of amides is 2. The Hall–Kier alpha value is -2.09. The third-order valence-corrected chi connectivity index (χ3v) is 4.06. The van der Waals surface area contributed by atoms with Gasteiger partial charge >= 0.3 is 5.97 Å². The lowest BCUT2D eigenvalue weighted by molar-refractivity contribution is -0.119. The maximum atomic E-state index is 11.9. The van der Waals surface area contributed by atoms with Gasteiger partial charge in [0, 0.05) is 5.02 Å². The molecule has 0 fully saturated rings. The molecular formula is C14H10Cl2N2O4S. The van der Waals surface area contributed by atoms with Crippen LogP contribution in [0.3, 0.4) is 0 Å². The molecule has 1 aromatic heterocycles. The highest BCUT2D eigenvalue weighted by atomic mass is 35.5. The number of rotatable bonds is 5. The van der Waals surface area contributed by atoms with E-state index in [4.69, 9.17) is 33.7 Å². The molecule has 2 rings (SSSR count). The van der Waals surface area contributed by atoms with Crippen LogP contribution >= 0.6 is 34.5 Å². The molecule has 0 spiro atoms. The number of hydrogen-bond donors (Lipinski definition) is 2. The van der Waals surface area contributed by atoms with Crippen LogP contribution in [0.5, 0.6) is 0 Å². The zero-order chi connectivity index (χ0) is 17.0. The Kier molecular flexibility index (Phi) is 5.59. The van der Waals surface area contributed by atoms with Crippen LogP contribution < -0.4 is 11.1 Å². The zero-order valence-corrected chi connectivity index (χ0v) is 13.8. The first-order valence-corrected chi connectivity index (χ1v) is 7.81. The maximum absolute atomic E-state index is 11.9. The van der Waals surface area contributed by atoms with E-state index in [1.807, 2.05) is 0 Å². The minimum absolute atomic E-state index is 0.0564. The van der Waals surface area contributed by atoms with Gasteiger partial charge in [-0.15, -0.1) is 11.3 Å². The maximum Gasteiger partial charge on any atom is 0.340 e. The summed E-state index contributed by atoms with van der Waals surface area (Å²) in [7, 11) is 0. The number of ether oxygens (including phenoxy) is 1. The molecule has 6 nitrogen and oxygen atoms in total. The highest BCUT2D eigenvalue weighted by molar-refractivity contribution is 7.14. The number of esters is 1. The van der Waals surface area contributed by atoms with Gasteiger partial charge in [0.05, 0.1) is 16.1 Å². The lowest BCUT2D eigenvalue weighted by atomic mass is 10.2. The summed E-state index contributed by atoms with van der Waals surface area (Å²) in [6.45, 7) is -0.544. The van der Waals surface area contributed by atoms with Gasteiger partial charge in [-0.05, 0) is 29.6 Å². The van der Waals surface area contributed by atoms with Gasteiger partial charge < -0.3 is 15.8 Å². The number of carbonyl (C=O) groups is 3. The molecular weight excluding hydrogens is 363 g/mol. The van der Waals surface area contributed by atoms with E-state index in [1.54, 1.807) is 5.38 Å². The molecule has 120 valence electrons. The van der Waals surface area contributed by atoms with Crippen molar-refractivity contribution in [3.8, 4) is 0 Å². The SMILES string of the molecule is NC(=O)c1ccsc1NC(=O)COC(=O)c1cc(Cl)ccc1Cl. The molecule has 0 atom stereocenters. The largest absolute Gasteiger partial charge is 0.452 e. The normalized spacial score (nSPS) is 10.2. The van der Waals surface area contributed by atoms with Crippen molar-refractivity contribution < 1.29 is 19.1 Å². The van der Waals surface area contributed by atoms with E-state index in [2.05, 4.69) is 5.32 Å². The van der Waals surface area contributed by atoms with Crippen LogP contribution in [0.15, 0.2) is 29.6 Å².